The molecule has 1 atom stereocenters. The average molecular weight is 288 g/mol. The van der Waals surface area contributed by atoms with Gasteiger partial charge in [0.2, 0.25) is 5.88 Å². The molecular formula is C14H20N6O. The molecule has 0 N–H and O–H groups in total. The molecule has 1 saturated heterocycles. The third-order valence-corrected chi connectivity index (χ3v) is 3.78. The van der Waals surface area contributed by atoms with Gasteiger partial charge in [-0.1, -0.05) is 0 Å². The molecule has 7 heteroatoms. The van der Waals surface area contributed by atoms with Crippen molar-refractivity contribution in [2.45, 2.75) is 19.4 Å². The fourth-order valence-corrected chi connectivity index (χ4v) is 2.66. The lowest BCUT2D eigenvalue weighted by Crippen LogP contribution is -2.37. The molecule has 0 aliphatic carbocycles. The van der Waals surface area contributed by atoms with Gasteiger partial charge in [-0.25, -0.2) is 9.97 Å². The second-order valence-corrected chi connectivity index (χ2v) is 5.40. The Labute approximate surface area is 124 Å². The van der Waals surface area contributed by atoms with Crippen LogP contribution in [0.3, 0.4) is 0 Å². The molecule has 1 aliphatic rings. The van der Waals surface area contributed by atoms with Crippen LogP contribution in [0.1, 0.15) is 18.7 Å². The van der Waals surface area contributed by atoms with E-state index >= 15 is 0 Å². The number of rotatable bonds is 5. The van der Waals surface area contributed by atoms with Crippen LogP contribution in [0, 0.1) is 5.92 Å². The summed E-state index contributed by atoms with van der Waals surface area (Å²) < 4.78 is 7.55. The number of likely N-dealkylation sites (tertiary alicyclic amines) is 1. The van der Waals surface area contributed by atoms with Gasteiger partial charge < -0.3 is 4.74 Å². The van der Waals surface area contributed by atoms with Gasteiger partial charge in [-0.3, -0.25) is 14.6 Å². The first-order valence-electron chi connectivity index (χ1n) is 7.25. The fourth-order valence-electron chi connectivity index (χ4n) is 2.66. The van der Waals surface area contributed by atoms with Gasteiger partial charge in [-0.15, -0.1) is 0 Å². The molecular weight excluding hydrogens is 268 g/mol. The van der Waals surface area contributed by atoms with E-state index in [4.69, 9.17) is 4.74 Å². The van der Waals surface area contributed by atoms with Crippen molar-refractivity contribution in [2.75, 3.05) is 19.7 Å². The topological polar surface area (TPSA) is 69.0 Å². The highest BCUT2D eigenvalue weighted by atomic mass is 16.5. The zero-order valence-corrected chi connectivity index (χ0v) is 12.2. The lowest BCUT2D eigenvalue weighted by Gasteiger charge is -2.32. The van der Waals surface area contributed by atoms with Crippen molar-refractivity contribution < 1.29 is 4.74 Å². The standard InChI is InChI=1S/C14H20N6O/c1-19-13(17-11-18-19)9-20-6-2-3-12(8-20)10-21-14-7-15-4-5-16-14/h4-5,7,11-12H,2-3,6,8-10H2,1H3. The minimum Gasteiger partial charge on any atom is -0.476 e. The highest BCUT2D eigenvalue weighted by molar-refractivity contribution is 5.01. The molecule has 3 rings (SSSR count). The summed E-state index contributed by atoms with van der Waals surface area (Å²) in [6.45, 7) is 3.66. The van der Waals surface area contributed by atoms with Crippen LogP contribution in [-0.4, -0.2) is 49.3 Å². The third kappa shape index (κ3) is 3.75. The number of hydrogen-bond donors (Lipinski definition) is 0. The maximum absolute atomic E-state index is 5.72. The van der Waals surface area contributed by atoms with Gasteiger partial charge in [0.05, 0.1) is 19.3 Å². The predicted octanol–water partition coefficient (Wildman–Crippen LogP) is 0.896. The van der Waals surface area contributed by atoms with E-state index < -0.39 is 0 Å². The molecule has 1 unspecified atom stereocenters. The first-order chi connectivity index (χ1) is 10.3. The molecule has 3 heterocycles. The SMILES string of the molecule is Cn1ncnc1CN1CCCC(COc2cnccn2)C1. The normalized spacial score (nSPS) is 19.6. The Morgan fingerprint density at radius 1 is 1.33 bits per heavy atom. The van der Waals surface area contributed by atoms with Crippen molar-refractivity contribution in [1.29, 1.82) is 0 Å². The minimum absolute atomic E-state index is 0.522. The Morgan fingerprint density at radius 2 is 2.29 bits per heavy atom. The Morgan fingerprint density at radius 3 is 3.05 bits per heavy atom. The zero-order valence-electron chi connectivity index (χ0n) is 12.2. The fraction of sp³-hybridized carbons (Fsp3) is 0.571. The van der Waals surface area contributed by atoms with Gasteiger partial charge >= 0.3 is 0 Å². The molecule has 0 amide bonds. The molecule has 112 valence electrons. The number of piperidine rings is 1. The van der Waals surface area contributed by atoms with Gasteiger partial charge in [0.1, 0.15) is 12.2 Å². The average Bonchev–Trinajstić information content (AvgIpc) is 2.92. The molecule has 0 saturated carbocycles. The Bertz CT molecular complexity index is 558. The van der Waals surface area contributed by atoms with Gasteiger partial charge in [0.15, 0.2) is 0 Å². The van der Waals surface area contributed by atoms with E-state index in [2.05, 4.69) is 25.0 Å². The summed E-state index contributed by atoms with van der Waals surface area (Å²) in [7, 11) is 1.93. The minimum atomic E-state index is 0.522. The van der Waals surface area contributed by atoms with E-state index in [1.54, 1.807) is 24.9 Å². The predicted molar refractivity (Wildman–Crippen MR) is 76.5 cm³/mol. The van der Waals surface area contributed by atoms with Crippen LogP contribution in [-0.2, 0) is 13.6 Å². The Kier molecular flexibility index (Phi) is 4.40. The van der Waals surface area contributed by atoms with Crippen LogP contribution in [0.25, 0.3) is 0 Å². The Balaban J connectivity index is 1.50. The largest absolute Gasteiger partial charge is 0.476 e. The number of nitrogens with zero attached hydrogens (tertiary/aromatic N) is 6. The molecule has 0 aromatic carbocycles. The second-order valence-electron chi connectivity index (χ2n) is 5.40. The lowest BCUT2D eigenvalue weighted by atomic mass is 9.99. The number of aryl methyl sites for hydroxylation is 1. The van der Waals surface area contributed by atoms with Crippen LogP contribution in [0.2, 0.25) is 0 Å². The molecule has 0 spiro atoms. The molecule has 0 radical (unpaired) electrons. The maximum Gasteiger partial charge on any atom is 0.232 e. The van der Waals surface area contributed by atoms with Crippen LogP contribution >= 0.6 is 0 Å². The highest BCUT2D eigenvalue weighted by Gasteiger charge is 2.21. The molecule has 2 aromatic rings. The van der Waals surface area contributed by atoms with Crippen molar-refractivity contribution in [2.24, 2.45) is 13.0 Å². The first-order valence-corrected chi connectivity index (χ1v) is 7.25. The zero-order chi connectivity index (χ0) is 14.5. The Hall–Kier alpha value is -2.02. The van der Waals surface area contributed by atoms with E-state index in [-0.39, 0.29) is 0 Å². The molecule has 1 aliphatic heterocycles. The smallest absolute Gasteiger partial charge is 0.232 e. The van der Waals surface area contributed by atoms with E-state index in [1.165, 1.54) is 12.8 Å². The van der Waals surface area contributed by atoms with Gasteiger partial charge in [0.25, 0.3) is 0 Å². The lowest BCUT2D eigenvalue weighted by molar-refractivity contribution is 0.120. The van der Waals surface area contributed by atoms with Crippen molar-refractivity contribution in [1.82, 2.24) is 29.6 Å². The van der Waals surface area contributed by atoms with Crippen molar-refractivity contribution in [3.05, 3.63) is 30.7 Å². The van der Waals surface area contributed by atoms with E-state index in [0.717, 1.165) is 25.5 Å². The summed E-state index contributed by atoms with van der Waals surface area (Å²) in [5.74, 6) is 2.13. The van der Waals surface area contributed by atoms with Gasteiger partial charge in [-0.05, 0) is 19.4 Å². The van der Waals surface area contributed by atoms with Crippen LogP contribution in [0.15, 0.2) is 24.9 Å². The molecule has 2 aromatic heterocycles. The summed E-state index contributed by atoms with van der Waals surface area (Å²) in [6, 6.07) is 0. The summed E-state index contributed by atoms with van der Waals surface area (Å²) in [5.41, 5.74) is 0. The van der Waals surface area contributed by atoms with Gasteiger partial charge in [0, 0.05) is 31.9 Å². The molecule has 7 nitrogen and oxygen atoms in total. The number of aromatic nitrogens is 5. The summed E-state index contributed by atoms with van der Waals surface area (Å²) in [4.78, 5) is 14.8. The molecule has 21 heavy (non-hydrogen) atoms. The van der Waals surface area contributed by atoms with Crippen LogP contribution < -0.4 is 4.74 Å². The van der Waals surface area contributed by atoms with Gasteiger partial charge in [-0.2, -0.15) is 5.10 Å². The first kappa shape index (κ1) is 13.9. The van der Waals surface area contributed by atoms with Crippen molar-refractivity contribution >= 4 is 0 Å². The van der Waals surface area contributed by atoms with Crippen LogP contribution in [0.5, 0.6) is 5.88 Å². The van der Waals surface area contributed by atoms with Crippen LogP contribution in [0.4, 0.5) is 0 Å². The second kappa shape index (κ2) is 6.62. The van der Waals surface area contributed by atoms with E-state index in [9.17, 15) is 0 Å². The monoisotopic (exact) mass is 288 g/mol. The summed E-state index contributed by atoms with van der Waals surface area (Å²) >= 11 is 0. The number of hydrogen-bond acceptors (Lipinski definition) is 6. The third-order valence-electron chi connectivity index (χ3n) is 3.78. The van der Waals surface area contributed by atoms with E-state index in [1.807, 2.05) is 11.7 Å². The number of ether oxygens (including phenoxy) is 1. The van der Waals surface area contributed by atoms with Crippen molar-refractivity contribution in [3.8, 4) is 5.88 Å². The highest BCUT2D eigenvalue weighted by Crippen LogP contribution is 2.19. The quantitative estimate of drug-likeness (QED) is 0.814. The van der Waals surface area contributed by atoms with Crippen molar-refractivity contribution in [3.63, 3.8) is 0 Å². The molecule has 1 fully saturated rings. The molecule has 0 bridgehead atoms. The van der Waals surface area contributed by atoms with E-state index in [0.29, 0.717) is 18.4 Å². The summed E-state index contributed by atoms with van der Waals surface area (Å²) in [6.07, 6.45) is 8.93. The summed E-state index contributed by atoms with van der Waals surface area (Å²) in [5, 5.41) is 4.12. The maximum atomic E-state index is 5.72.